The fourth-order valence-corrected chi connectivity index (χ4v) is 4.94. The van der Waals surface area contributed by atoms with E-state index in [1.165, 1.54) is 52.7 Å². The van der Waals surface area contributed by atoms with Crippen LogP contribution in [0.5, 0.6) is 40.2 Å². The van der Waals surface area contributed by atoms with Crippen LogP contribution in [0.2, 0.25) is 0 Å². The number of aliphatic hydroxyl groups excluding tert-OH is 3. The zero-order valence-electron chi connectivity index (χ0n) is 23.6. The van der Waals surface area contributed by atoms with Crippen molar-refractivity contribution in [1.82, 2.24) is 0 Å². The van der Waals surface area contributed by atoms with Crippen LogP contribution in [0.3, 0.4) is 0 Å². The highest BCUT2D eigenvalue weighted by molar-refractivity contribution is 5.75. The number of hydrogen-bond acceptors (Lipinski definition) is 11. The van der Waals surface area contributed by atoms with Gasteiger partial charge in [-0.25, -0.2) is 0 Å². The van der Waals surface area contributed by atoms with Crippen molar-refractivity contribution in [3.63, 3.8) is 0 Å². The highest BCUT2D eigenvalue weighted by atomic mass is 16.6. The number of ether oxygens (including phenoxy) is 6. The van der Waals surface area contributed by atoms with E-state index in [-0.39, 0.29) is 35.4 Å². The molecule has 42 heavy (non-hydrogen) atoms. The van der Waals surface area contributed by atoms with Gasteiger partial charge in [-0.15, -0.1) is 0 Å². The molecule has 3 aromatic carbocycles. The summed E-state index contributed by atoms with van der Waals surface area (Å²) in [6.45, 7) is -0.813. The third kappa shape index (κ3) is 5.94. The number of hydrogen-bond donors (Lipinski definition) is 4. The largest absolute Gasteiger partial charge is 0.504 e. The molecule has 0 fully saturated rings. The molecule has 224 valence electrons. The summed E-state index contributed by atoms with van der Waals surface area (Å²) in [5, 5.41) is 41.4. The number of aromatic hydroxyl groups is 1. The fourth-order valence-electron chi connectivity index (χ4n) is 4.94. The first-order chi connectivity index (χ1) is 20.3. The Morgan fingerprint density at radius 2 is 1.57 bits per heavy atom. The second kappa shape index (κ2) is 13.5. The van der Waals surface area contributed by atoms with Crippen LogP contribution >= 0.6 is 0 Å². The molecule has 3 aromatic rings. The molecule has 11 heteroatoms. The molecule has 0 amide bonds. The van der Waals surface area contributed by atoms with E-state index in [1.54, 1.807) is 24.3 Å². The molecular formula is C31H34O11. The summed E-state index contributed by atoms with van der Waals surface area (Å²) in [7, 11) is 5.76. The molecular weight excluding hydrogens is 548 g/mol. The van der Waals surface area contributed by atoms with Crippen molar-refractivity contribution < 1.29 is 53.6 Å². The average Bonchev–Trinajstić information content (AvgIpc) is 3.40. The molecule has 4 rings (SSSR count). The van der Waals surface area contributed by atoms with Crippen LogP contribution in [-0.4, -0.2) is 74.5 Å². The number of phenols is 1. The Morgan fingerprint density at radius 1 is 0.905 bits per heavy atom. The van der Waals surface area contributed by atoms with Gasteiger partial charge in [-0.3, -0.25) is 4.79 Å². The van der Waals surface area contributed by atoms with E-state index < -0.39 is 30.8 Å². The lowest BCUT2D eigenvalue weighted by atomic mass is 9.90. The number of aliphatic hydroxyl groups is 3. The van der Waals surface area contributed by atoms with E-state index >= 15 is 0 Å². The van der Waals surface area contributed by atoms with E-state index in [0.29, 0.717) is 40.0 Å². The lowest BCUT2D eigenvalue weighted by Crippen LogP contribution is -2.29. The summed E-state index contributed by atoms with van der Waals surface area (Å²) >= 11 is 0. The molecule has 0 aliphatic carbocycles. The van der Waals surface area contributed by atoms with Crippen molar-refractivity contribution in [2.45, 2.75) is 24.2 Å². The van der Waals surface area contributed by atoms with E-state index in [0.717, 1.165) is 0 Å². The number of fused-ring (bicyclic) bond motifs is 1. The number of carbonyl (C=O) groups is 1. The Bertz CT molecular complexity index is 1410. The van der Waals surface area contributed by atoms with Gasteiger partial charge in [0.1, 0.15) is 18.5 Å². The van der Waals surface area contributed by atoms with Crippen LogP contribution in [0.15, 0.2) is 48.5 Å². The normalized spacial score (nSPS) is 17.2. The van der Waals surface area contributed by atoms with E-state index in [1.807, 2.05) is 6.07 Å². The number of benzene rings is 3. The molecule has 1 aliphatic heterocycles. The Balaban J connectivity index is 1.70. The molecule has 0 unspecified atom stereocenters. The lowest BCUT2D eigenvalue weighted by Gasteiger charge is -2.26. The van der Waals surface area contributed by atoms with Crippen molar-refractivity contribution in [1.29, 1.82) is 0 Å². The van der Waals surface area contributed by atoms with Gasteiger partial charge in [0.15, 0.2) is 40.6 Å². The van der Waals surface area contributed by atoms with Crippen molar-refractivity contribution in [3.05, 3.63) is 70.8 Å². The number of rotatable bonds is 13. The topological polar surface area (TPSA) is 153 Å². The van der Waals surface area contributed by atoms with E-state index in [2.05, 4.69) is 0 Å². The van der Waals surface area contributed by atoms with Crippen LogP contribution in [0.4, 0.5) is 0 Å². The summed E-state index contributed by atoms with van der Waals surface area (Å²) < 4.78 is 34.2. The summed E-state index contributed by atoms with van der Waals surface area (Å²) in [5.74, 6) is 1.07. The first kappa shape index (κ1) is 30.5. The third-order valence-electron chi connectivity index (χ3n) is 7.06. The molecule has 11 nitrogen and oxygen atoms in total. The molecule has 0 bridgehead atoms. The fraction of sp³-hybridized carbons (Fsp3) is 0.323. The standard InChI is InChI=1S/C31H34O11/c1-37-23-12-18(7-8-22(23)35)28(36)27(16-34)41-31-25(39-3)13-19(14-26(31)40-4)29-21(15-33)20-10-17(6-5-9-32)11-24(38-2)30(20)42-29/h5-14,21,27-29,33-36H,15-16H2,1-4H3/b6-5+/t21-,27+,28-,29+/m1/s1. The number of carbonyl (C=O) groups excluding carboxylic acids is 1. The Labute approximate surface area is 243 Å². The van der Waals surface area contributed by atoms with E-state index in [4.69, 9.17) is 28.4 Å². The summed E-state index contributed by atoms with van der Waals surface area (Å²) in [5.41, 5.74) is 2.36. The summed E-state index contributed by atoms with van der Waals surface area (Å²) in [6.07, 6.45) is 0.561. The highest BCUT2D eigenvalue weighted by Gasteiger charge is 2.39. The number of methoxy groups -OCH3 is 4. The molecule has 1 aliphatic rings. The number of allylic oxidation sites excluding steroid dienone is 1. The summed E-state index contributed by atoms with van der Waals surface area (Å²) in [6, 6.07) is 11.2. The predicted octanol–water partition coefficient (Wildman–Crippen LogP) is 3.32. The van der Waals surface area contributed by atoms with Crippen LogP contribution < -0.4 is 28.4 Å². The van der Waals surface area contributed by atoms with Gasteiger partial charge in [-0.05, 0) is 53.6 Å². The lowest BCUT2D eigenvalue weighted by molar-refractivity contribution is -0.104. The maximum atomic E-state index is 11.0. The third-order valence-corrected chi connectivity index (χ3v) is 7.06. The van der Waals surface area contributed by atoms with Gasteiger partial charge in [0.25, 0.3) is 0 Å². The van der Waals surface area contributed by atoms with Crippen LogP contribution in [-0.2, 0) is 4.79 Å². The minimum atomic E-state index is -1.31. The van der Waals surface area contributed by atoms with Crippen LogP contribution in [0.1, 0.15) is 40.4 Å². The molecule has 0 saturated heterocycles. The highest BCUT2D eigenvalue weighted by Crippen LogP contribution is 2.53. The van der Waals surface area contributed by atoms with Gasteiger partial charge in [0, 0.05) is 11.1 Å². The van der Waals surface area contributed by atoms with Gasteiger partial charge in [-0.2, -0.15) is 0 Å². The minimum Gasteiger partial charge on any atom is -0.504 e. The SMILES string of the molecule is COc1cc([C@@H](O)[C@H](CO)Oc2c(OC)cc([C@@H]3Oc4c(OC)cc(/C=C/C=O)cc4[C@H]3CO)cc2OC)ccc1O. The molecule has 0 radical (unpaired) electrons. The predicted molar refractivity (Wildman–Crippen MR) is 152 cm³/mol. The summed E-state index contributed by atoms with van der Waals surface area (Å²) in [4.78, 5) is 10.8. The first-order valence-electron chi connectivity index (χ1n) is 13.0. The molecule has 0 spiro atoms. The van der Waals surface area contributed by atoms with Crippen molar-refractivity contribution >= 4 is 12.4 Å². The number of phenolic OH excluding ortho intramolecular Hbond substituents is 1. The Morgan fingerprint density at radius 3 is 2.14 bits per heavy atom. The monoisotopic (exact) mass is 582 g/mol. The zero-order chi connectivity index (χ0) is 30.4. The van der Waals surface area contributed by atoms with Crippen LogP contribution in [0.25, 0.3) is 6.08 Å². The number of aldehydes is 1. The van der Waals surface area contributed by atoms with Gasteiger partial charge >= 0.3 is 0 Å². The van der Waals surface area contributed by atoms with Gasteiger partial charge < -0.3 is 48.8 Å². The second-order valence-electron chi connectivity index (χ2n) is 9.43. The second-order valence-corrected chi connectivity index (χ2v) is 9.43. The molecule has 0 aromatic heterocycles. The quantitative estimate of drug-likeness (QED) is 0.173. The zero-order valence-corrected chi connectivity index (χ0v) is 23.6. The van der Waals surface area contributed by atoms with E-state index in [9.17, 15) is 25.2 Å². The molecule has 4 N–H and O–H groups in total. The van der Waals surface area contributed by atoms with Crippen molar-refractivity contribution in [2.24, 2.45) is 0 Å². The molecule has 0 saturated carbocycles. The Kier molecular flexibility index (Phi) is 9.79. The van der Waals surface area contributed by atoms with Gasteiger partial charge in [0.05, 0.1) is 47.6 Å². The minimum absolute atomic E-state index is 0.0995. The molecule has 4 atom stereocenters. The Hall–Kier alpha value is -4.45. The maximum absolute atomic E-state index is 11.0. The van der Waals surface area contributed by atoms with Gasteiger partial charge in [-0.1, -0.05) is 12.1 Å². The van der Waals surface area contributed by atoms with Crippen LogP contribution in [0, 0.1) is 0 Å². The van der Waals surface area contributed by atoms with Crippen molar-refractivity contribution in [2.75, 3.05) is 41.7 Å². The average molecular weight is 583 g/mol. The van der Waals surface area contributed by atoms with Crippen molar-refractivity contribution in [3.8, 4) is 40.2 Å². The maximum Gasteiger partial charge on any atom is 0.204 e. The van der Waals surface area contributed by atoms with Gasteiger partial charge in [0.2, 0.25) is 5.75 Å². The smallest absolute Gasteiger partial charge is 0.204 e. The first-order valence-corrected chi connectivity index (χ1v) is 13.0. The molecule has 1 heterocycles.